The smallest absolute Gasteiger partial charge is 0.161 e. The Hall–Kier alpha value is -2.14. The van der Waals surface area contributed by atoms with Crippen LogP contribution < -0.4 is 0 Å². The number of carbonyl (C=O) groups is 1. The van der Waals surface area contributed by atoms with Gasteiger partial charge in [0.25, 0.3) is 0 Å². The minimum absolute atomic E-state index is 0.0918. The molecule has 0 radical (unpaired) electrons. The Morgan fingerprint density at radius 3 is 2.39 bits per heavy atom. The molecule has 1 fully saturated rings. The summed E-state index contributed by atoms with van der Waals surface area (Å²) in [4.78, 5) is 17.2. The Labute approximate surface area is 190 Å². The second-order valence-electron chi connectivity index (χ2n) is 8.55. The molecule has 0 amide bonds. The van der Waals surface area contributed by atoms with E-state index in [-0.39, 0.29) is 5.78 Å². The number of hydrogen-bond donors (Lipinski definition) is 0. The zero-order valence-corrected chi connectivity index (χ0v) is 19.2. The number of hydrogen-bond acceptors (Lipinski definition) is 3. The van der Waals surface area contributed by atoms with Crippen LogP contribution in [0.1, 0.15) is 35.7 Å². The van der Waals surface area contributed by atoms with E-state index in [4.69, 9.17) is 11.6 Å². The van der Waals surface area contributed by atoms with E-state index in [0.717, 1.165) is 68.6 Å². The Kier molecular flexibility index (Phi) is 7.44. The average molecular weight is 438 g/mol. The molecule has 1 aliphatic rings. The number of fused-ring (bicyclic) bond motifs is 1. The fourth-order valence-electron chi connectivity index (χ4n) is 4.64. The number of aryl methyl sites for hydroxylation is 1. The highest BCUT2D eigenvalue weighted by atomic mass is 35.5. The molecule has 5 heteroatoms. The standard InChI is InChI=1S/C26H32ClN3O/c1-21(31)24-20-30(26-23(24)10-5-11-25(26)27)16-7-15-28-13-6-14-29(19-18-28)17-12-22-8-3-2-4-9-22/h2-5,8-11,20H,6-7,12-19H2,1H3. The van der Waals surface area contributed by atoms with Crippen LogP contribution >= 0.6 is 11.6 Å². The quantitative estimate of drug-likeness (QED) is 0.457. The highest BCUT2D eigenvalue weighted by Gasteiger charge is 2.16. The molecule has 0 N–H and O–H groups in total. The molecule has 2 aromatic carbocycles. The lowest BCUT2D eigenvalue weighted by molar-refractivity contribution is 0.101. The van der Waals surface area contributed by atoms with Crippen LogP contribution in [0.4, 0.5) is 0 Å². The van der Waals surface area contributed by atoms with Crippen LogP contribution in [0.15, 0.2) is 54.7 Å². The van der Waals surface area contributed by atoms with Crippen LogP contribution in [0.2, 0.25) is 5.02 Å². The van der Waals surface area contributed by atoms with Crippen molar-refractivity contribution in [2.24, 2.45) is 0 Å². The summed E-state index contributed by atoms with van der Waals surface area (Å²) in [6.45, 7) is 9.32. The van der Waals surface area contributed by atoms with Crippen LogP contribution in [-0.4, -0.2) is 59.4 Å². The summed E-state index contributed by atoms with van der Waals surface area (Å²) >= 11 is 6.47. The van der Waals surface area contributed by atoms with Crippen LogP contribution in [0.3, 0.4) is 0 Å². The molecule has 0 aliphatic carbocycles. The molecule has 1 aromatic heterocycles. The summed E-state index contributed by atoms with van der Waals surface area (Å²) in [7, 11) is 0. The summed E-state index contributed by atoms with van der Waals surface area (Å²) in [5.41, 5.74) is 3.17. The van der Waals surface area contributed by atoms with E-state index in [0.29, 0.717) is 5.02 Å². The largest absolute Gasteiger partial charge is 0.345 e. The van der Waals surface area contributed by atoms with Gasteiger partial charge in [-0.3, -0.25) is 4.79 Å². The third kappa shape index (κ3) is 5.57. The average Bonchev–Trinajstić information content (AvgIpc) is 3.00. The van der Waals surface area contributed by atoms with Crippen LogP contribution in [0.5, 0.6) is 0 Å². The lowest BCUT2D eigenvalue weighted by Crippen LogP contribution is -2.32. The van der Waals surface area contributed by atoms with Gasteiger partial charge in [-0.15, -0.1) is 0 Å². The van der Waals surface area contributed by atoms with Crippen LogP contribution in [0.25, 0.3) is 10.9 Å². The van der Waals surface area contributed by atoms with Gasteiger partial charge in [0.15, 0.2) is 5.78 Å². The molecule has 0 unspecified atom stereocenters. The number of ketones is 1. The monoisotopic (exact) mass is 437 g/mol. The predicted molar refractivity (Wildman–Crippen MR) is 129 cm³/mol. The summed E-state index contributed by atoms with van der Waals surface area (Å²) < 4.78 is 2.17. The Balaban J connectivity index is 1.29. The van der Waals surface area contributed by atoms with Crippen molar-refractivity contribution in [2.45, 2.75) is 32.7 Å². The van der Waals surface area contributed by atoms with E-state index in [1.54, 1.807) is 6.92 Å². The highest BCUT2D eigenvalue weighted by Crippen LogP contribution is 2.28. The molecule has 1 saturated heterocycles. The maximum atomic E-state index is 12.0. The second-order valence-corrected chi connectivity index (χ2v) is 8.96. The third-order valence-electron chi connectivity index (χ3n) is 6.34. The van der Waals surface area contributed by atoms with E-state index in [2.05, 4.69) is 44.7 Å². The van der Waals surface area contributed by atoms with Crippen molar-refractivity contribution in [2.75, 3.05) is 39.3 Å². The Morgan fingerprint density at radius 1 is 0.903 bits per heavy atom. The first-order chi connectivity index (χ1) is 15.1. The van der Waals surface area contributed by atoms with Gasteiger partial charge < -0.3 is 14.4 Å². The van der Waals surface area contributed by atoms with E-state index in [1.165, 1.54) is 18.5 Å². The minimum atomic E-state index is 0.0918. The molecule has 4 rings (SSSR count). The zero-order valence-electron chi connectivity index (χ0n) is 18.4. The number of benzene rings is 2. The van der Waals surface area contributed by atoms with Gasteiger partial charge in [0.05, 0.1) is 10.5 Å². The van der Waals surface area contributed by atoms with Crippen molar-refractivity contribution in [1.82, 2.24) is 14.4 Å². The highest BCUT2D eigenvalue weighted by molar-refractivity contribution is 6.35. The first kappa shape index (κ1) is 22.1. The molecule has 4 nitrogen and oxygen atoms in total. The number of Topliss-reactive ketones (excluding diaryl/α,β-unsaturated/α-hetero) is 1. The molecule has 2 heterocycles. The SMILES string of the molecule is CC(=O)c1cn(CCCN2CCCN(CCc3ccccc3)CC2)c2c(Cl)cccc12. The Bertz CT molecular complexity index is 1010. The summed E-state index contributed by atoms with van der Waals surface area (Å²) in [6, 6.07) is 16.6. The first-order valence-electron chi connectivity index (χ1n) is 11.4. The van der Waals surface area contributed by atoms with Crippen molar-refractivity contribution < 1.29 is 4.79 Å². The van der Waals surface area contributed by atoms with Crippen LogP contribution in [-0.2, 0) is 13.0 Å². The minimum Gasteiger partial charge on any atom is -0.345 e. The van der Waals surface area contributed by atoms with Gasteiger partial charge in [-0.05, 0) is 57.5 Å². The molecule has 0 atom stereocenters. The van der Waals surface area contributed by atoms with Gasteiger partial charge in [0, 0.05) is 43.3 Å². The summed E-state index contributed by atoms with van der Waals surface area (Å²) in [5.74, 6) is 0.0918. The van der Waals surface area contributed by atoms with E-state index in [1.807, 2.05) is 24.4 Å². The molecule has 0 bridgehead atoms. The fourth-order valence-corrected chi connectivity index (χ4v) is 4.92. The lowest BCUT2D eigenvalue weighted by Gasteiger charge is -2.22. The van der Waals surface area contributed by atoms with Crippen molar-refractivity contribution in [1.29, 1.82) is 0 Å². The first-order valence-corrected chi connectivity index (χ1v) is 11.8. The fraction of sp³-hybridized carbons (Fsp3) is 0.423. The number of halogens is 1. The van der Waals surface area contributed by atoms with Gasteiger partial charge in [0.2, 0.25) is 0 Å². The van der Waals surface area contributed by atoms with Gasteiger partial charge in [-0.1, -0.05) is 54.1 Å². The molecule has 164 valence electrons. The number of nitrogens with zero attached hydrogens (tertiary/aromatic N) is 3. The predicted octanol–water partition coefficient (Wildman–Crippen LogP) is 5.14. The maximum absolute atomic E-state index is 12.0. The maximum Gasteiger partial charge on any atom is 0.161 e. The molecular weight excluding hydrogens is 406 g/mol. The zero-order chi connectivity index (χ0) is 21.6. The molecule has 0 saturated carbocycles. The molecule has 31 heavy (non-hydrogen) atoms. The number of para-hydroxylation sites is 1. The van der Waals surface area contributed by atoms with Crippen molar-refractivity contribution >= 4 is 28.3 Å². The molecular formula is C26H32ClN3O. The Morgan fingerprint density at radius 2 is 1.65 bits per heavy atom. The van der Waals surface area contributed by atoms with E-state index < -0.39 is 0 Å². The van der Waals surface area contributed by atoms with Crippen molar-refractivity contribution in [3.05, 3.63) is 70.9 Å². The summed E-state index contributed by atoms with van der Waals surface area (Å²) in [6.07, 6.45) is 5.38. The lowest BCUT2D eigenvalue weighted by atomic mass is 10.1. The normalized spacial score (nSPS) is 15.9. The van der Waals surface area contributed by atoms with E-state index in [9.17, 15) is 4.79 Å². The van der Waals surface area contributed by atoms with Crippen molar-refractivity contribution in [3.63, 3.8) is 0 Å². The number of aromatic nitrogens is 1. The molecule has 3 aromatic rings. The third-order valence-corrected chi connectivity index (χ3v) is 6.65. The van der Waals surface area contributed by atoms with Crippen molar-refractivity contribution in [3.8, 4) is 0 Å². The van der Waals surface area contributed by atoms with E-state index >= 15 is 0 Å². The van der Waals surface area contributed by atoms with Gasteiger partial charge in [0.1, 0.15) is 0 Å². The van der Waals surface area contributed by atoms with Gasteiger partial charge in [-0.2, -0.15) is 0 Å². The second kappa shape index (κ2) is 10.4. The molecule has 0 spiro atoms. The number of rotatable bonds is 8. The topological polar surface area (TPSA) is 28.5 Å². The van der Waals surface area contributed by atoms with Gasteiger partial charge >= 0.3 is 0 Å². The summed E-state index contributed by atoms with van der Waals surface area (Å²) in [5, 5.41) is 1.68. The number of carbonyl (C=O) groups excluding carboxylic acids is 1. The van der Waals surface area contributed by atoms with Crippen LogP contribution in [0, 0.1) is 0 Å². The van der Waals surface area contributed by atoms with Gasteiger partial charge in [-0.25, -0.2) is 0 Å². The molecule has 1 aliphatic heterocycles.